The Morgan fingerprint density at radius 2 is 1.02 bits per heavy atom. The van der Waals surface area contributed by atoms with Gasteiger partial charge in [0.15, 0.2) is 22.6 Å². The number of carboxylic acids is 1. The van der Waals surface area contributed by atoms with E-state index in [1.807, 2.05) is 58.3 Å². The van der Waals surface area contributed by atoms with Crippen molar-refractivity contribution in [1.29, 1.82) is 0 Å². The maximum atomic E-state index is 12.4. The van der Waals surface area contributed by atoms with Gasteiger partial charge in [-0.2, -0.15) is 0 Å². The van der Waals surface area contributed by atoms with E-state index < -0.39 is 5.97 Å². The van der Waals surface area contributed by atoms with E-state index in [9.17, 15) is 24.3 Å². The minimum atomic E-state index is -1.19. The Kier molecular flexibility index (Phi) is 14.0. The minimum absolute atomic E-state index is 0. The third kappa shape index (κ3) is 9.59. The summed E-state index contributed by atoms with van der Waals surface area (Å²) in [6, 6.07) is 28.4. The number of carbonyl (C=O) groups is 2. The molecule has 0 amide bonds. The molecule has 4 aromatic carbocycles. The molecule has 0 aliphatic carbocycles. The summed E-state index contributed by atoms with van der Waals surface area (Å²) >= 11 is 6.25. The van der Waals surface area contributed by atoms with Gasteiger partial charge in [-0.1, -0.05) is 77.4 Å². The number of ether oxygens (including phenoxy) is 3. The molecule has 0 atom stereocenters. The van der Waals surface area contributed by atoms with Gasteiger partial charge in [0.2, 0.25) is 0 Å². The first-order chi connectivity index (χ1) is 29.7. The number of aromatic carboxylic acids is 1. The van der Waals surface area contributed by atoms with E-state index in [1.54, 1.807) is 65.6 Å². The van der Waals surface area contributed by atoms with Crippen molar-refractivity contribution in [2.75, 3.05) is 69.5 Å². The summed E-state index contributed by atoms with van der Waals surface area (Å²) in [4.78, 5) is 59.9. The van der Waals surface area contributed by atoms with Gasteiger partial charge in [-0.15, -0.1) is 0 Å². The zero-order chi connectivity index (χ0) is 42.0. The number of fused-ring (bicyclic) bond motifs is 4. The average Bonchev–Trinajstić information content (AvgIpc) is 3.29. The zero-order valence-electron chi connectivity index (χ0n) is 33.5. The third-order valence-corrected chi connectivity index (χ3v) is 15.2. The molecule has 12 nitrogen and oxygen atoms in total. The summed E-state index contributed by atoms with van der Waals surface area (Å²) in [5.74, 6) is 0.641. The summed E-state index contributed by atoms with van der Waals surface area (Å²) in [5.41, 5.74) is 2.21. The molecule has 10 rings (SSSR count). The van der Waals surface area contributed by atoms with Gasteiger partial charge in [-0.25, -0.2) is 4.79 Å². The Bertz CT molecular complexity index is 2800. The number of methoxy groups -OCH3 is 1. The van der Waals surface area contributed by atoms with E-state index in [0.29, 0.717) is 81.5 Å². The van der Waals surface area contributed by atoms with Crippen LogP contribution in [0.15, 0.2) is 155 Å². The maximum Gasteiger partial charge on any atom is 1.00 e. The van der Waals surface area contributed by atoms with Crippen LogP contribution in [-0.2, 0) is 14.2 Å². The molecule has 4 aliphatic rings. The van der Waals surface area contributed by atoms with Crippen LogP contribution in [0.2, 0.25) is 0 Å². The van der Waals surface area contributed by atoms with Crippen LogP contribution in [0.4, 0.5) is 11.8 Å². The molecule has 0 bridgehead atoms. The Balaban J connectivity index is 0.000000168. The quantitative estimate of drug-likeness (QED) is 0.168. The van der Waals surface area contributed by atoms with E-state index >= 15 is 0 Å². The van der Waals surface area contributed by atoms with Crippen LogP contribution < -0.4 is 55.3 Å². The Morgan fingerprint density at radius 3 is 1.47 bits per heavy atom. The maximum absolute atomic E-state index is 12.4. The molecule has 310 valence electrons. The topological polar surface area (TPSA) is 152 Å². The normalized spacial score (nSPS) is 15.0. The number of anilines is 2. The van der Waals surface area contributed by atoms with E-state index in [4.69, 9.17) is 23.0 Å². The van der Waals surface area contributed by atoms with Crippen molar-refractivity contribution in [3.63, 3.8) is 0 Å². The Morgan fingerprint density at radius 1 is 0.565 bits per heavy atom. The molecule has 0 unspecified atom stereocenters. The molecule has 6 heterocycles. The summed E-state index contributed by atoms with van der Waals surface area (Å²) in [6.07, 6.45) is 0. The average molecular weight is 915 g/mol. The number of esters is 1. The second-order valence-electron chi connectivity index (χ2n) is 14.0. The second kappa shape index (κ2) is 19.6. The van der Waals surface area contributed by atoms with Crippen LogP contribution in [0.5, 0.6) is 0 Å². The van der Waals surface area contributed by atoms with Gasteiger partial charge in [-0.05, 0) is 48.0 Å². The van der Waals surface area contributed by atoms with Gasteiger partial charge >= 0.3 is 35.5 Å². The fourth-order valence-corrected chi connectivity index (χ4v) is 11.8. The van der Waals surface area contributed by atoms with Crippen LogP contribution in [0.25, 0.3) is 22.6 Å². The molecule has 0 radical (unpaired) electrons. The van der Waals surface area contributed by atoms with Gasteiger partial charge in [0.25, 0.3) is 0 Å². The van der Waals surface area contributed by atoms with Crippen LogP contribution >= 0.6 is 47.0 Å². The fourth-order valence-electron chi connectivity index (χ4n) is 7.04. The number of benzene rings is 4. The van der Waals surface area contributed by atoms with Gasteiger partial charge in [0.05, 0.1) is 45.1 Å². The van der Waals surface area contributed by atoms with Gasteiger partial charge in [0, 0.05) is 101 Å². The molecule has 4 aliphatic heterocycles. The van der Waals surface area contributed by atoms with Crippen LogP contribution in [0, 0.1) is 0 Å². The van der Waals surface area contributed by atoms with Gasteiger partial charge < -0.3 is 42.7 Å². The fraction of sp³-hybridized carbons (Fsp3) is 0.200. The van der Waals surface area contributed by atoms with E-state index in [1.165, 1.54) is 37.1 Å². The van der Waals surface area contributed by atoms with E-state index in [2.05, 4.69) is 0 Å². The number of carboxylic acid groups (broad SMARTS) is 1. The molecule has 2 aromatic heterocycles. The SMILES string of the molecule is COC(=O)c1ccc2c(c1)Sc1cccc(-c3cc(=O)cc(N4CCOCC4)o3)c1S2.O=C([O-])c1ccc2c(c1)Sc1cccc(-c3cc(=O)cc(N4CCOCC4)o3)c1S2.[Na+]. The predicted molar refractivity (Wildman–Crippen MR) is 232 cm³/mol. The molecule has 17 heteroatoms. The van der Waals surface area contributed by atoms with Crippen molar-refractivity contribution in [3.05, 3.63) is 129 Å². The van der Waals surface area contributed by atoms with E-state index in [0.717, 1.165) is 50.3 Å². The first-order valence-electron chi connectivity index (χ1n) is 19.2. The molecule has 0 spiro atoms. The molecular weight excluding hydrogens is 880 g/mol. The summed E-state index contributed by atoms with van der Waals surface area (Å²) in [5, 5.41) is 11.2. The van der Waals surface area contributed by atoms with E-state index in [-0.39, 0.29) is 51.9 Å². The zero-order valence-corrected chi connectivity index (χ0v) is 38.8. The van der Waals surface area contributed by atoms with Gasteiger partial charge in [-0.3, -0.25) is 9.59 Å². The Hall–Kier alpha value is -4.36. The van der Waals surface area contributed by atoms with Crippen molar-refractivity contribution < 1.29 is 67.3 Å². The number of nitrogens with zero attached hydrogens (tertiary/aromatic N) is 2. The molecule has 2 fully saturated rings. The van der Waals surface area contributed by atoms with Crippen molar-refractivity contribution in [1.82, 2.24) is 0 Å². The molecule has 6 aromatic rings. The molecule has 62 heavy (non-hydrogen) atoms. The number of rotatable bonds is 6. The minimum Gasteiger partial charge on any atom is -0.545 e. The van der Waals surface area contributed by atoms with Crippen LogP contribution in [-0.4, -0.2) is 71.7 Å². The third-order valence-electron chi connectivity index (χ3n) is 10.0. The van der Waals surface area contributed by atoms with Crippen molar-refractivity contribution in [3.8, 4) is 22.6 Å². The number of carbonyl (C=O) groups excluding carboxylic acids is 2. The van der Waals surface area contributed by atoms with Gasteiger partial charge in [0.1, 0.15) is 11.5 Å². The number of hydrogen-bond donors (Lipinski definition) is 0. The molecule has 2 saturated heterocycles. The standard InChI is InChI=1S/C23H19NO5S2.C22H17NO5S2.Na/c1-27-23(26)14-5-6-18-20(11-14)30-19-4-2-3-16(22(19)31-18)17-12-15(25)13-21(29-17)24-7-9-28-10-8-24;24-14-11-16(28-20(12-14)23-6-8-27-9-7-23)15-2-1-3-18-21(15)30-17-5-4-13(22(25)26)10-19(17)29-18;/h2-6,11-13H,7-10H2,1H3;1-5,10-12H,6-9H2,(H,25,26);/q;;+1/p-1. The summed E-state index contributed by atoms with van der Waals surface area (Å²) in [6.45, 7) is 5.18. The monoisotopic (exact) mass is 914 g/mol. The largest absolute Gasteiger partial charge is 1.00 e. The molecule has 0 N–H and O–H groups in total. The molecular formula is C45H35N2NaO10S4. The van der Waals surface area contributed by atoms with Crippen molar-refractivity contribution in [2.45, 2.75) is 39.2 Å². The Labute approximate surface area is 395 Å². The van der Waals surface area contributed by atoms with Crippen LogP contribution in [0.1, 0.15) is 20.7 Å². The number of morpholine rings is 2. The van der Waals surface area contributed by atoms with Crippen molar-refractivity contribution in [2.24, 2.45) is 0 Å². The first-order valence-corrected chi connectivity index (χ1v) is 22.5. The summed E-state index contributed by atoms with van der Waals surface area (Å²) in [7, 11) is 1.38. The smallest absolute Gasteiger partial charge is 0.545 e. The van der Waals surface area contributed by atoms with Crippen LogP contribution in [0.3, 0.4) is 0 Å². The second-order valence-corrected chi connectivity index (χ2v) is 18.2. The predicted octanol–water partition coefficient (Wildman–Crippen LogP) is 4.67. The number of hydrogen-bond acceptors (Lipinski definition) is 16. The first kappa shape index (κ1) is 44.3. The molecule has 0 saturated carbocycles. The van der Waals surface area contributed by atoms with Crippen molar-refractivity contribution >= 4 is 70.8 Å². The summed E-state index contributed by atoms with van der Waals surface area (Å²) < 4.78 is 28.0.